The van der Waals surface area contributed by atoms with Crippen LogP contribution in [0.4, 0.5) is 0 Å². The fraction of sp³-hybridized carbons (Fsp3) is 0.443. The number of carbonyl (C=O) groups is 1. The molecule has 4 saturated heterocycles. The Labute approximate surface area is 639 Å². The number of methoxy groups -OCH3 is 1. The molecule has 0 aliphatic carbocycles. The van der Waals surface area contributed by atoms with Crippen LogP contribution in [0.3, 0.4) is 0 Å². The molecular formula is C88H104O21. The third-order valence-corrected chi connectivity index (χ3v) is 19.7. The Morgan fingerprint density at radius 3 is 1.00 bits per heavy atom. The van der Waals surface area contributed by atoms with Gasteiger partial charge in [0.15, 0.2) is 25.2 Å². The number of aliphatic hydroxyl groups is 3. The SMILES string of the molecule is COC(=O)CCCCCCCCO[C@H]1O[C@H](CO)[C@@H](OCc2ccccc2)[C@@H]1O[C@@H]1O[C@H](CO[C@H]2O[C@H](COCc3ccccc3)[C@@H](OCc3ccccc3)[C@H](OCc3ccccc3)[C@@H]2O[C@H]2O[C@H](COCc3ccccc3)[C@@H](OCc3ccccc3)[C@H](OCc3ccccc3)[C@@H]2O)[C@@H](OCc2ccccc2)[C@@H]1O. The Kier molecular flexibility index (Phi) is 32.6. The number of carbonyl (C=O) groups excluding carboxylic acids is 1. The number of unbranched alkanes of at least 4 members (excludes halogenated alkanes) is 5. The average Bonchev–Trinajstić information content (AvgIpc) is 1.77. The van der Waals surface area contributed by atoms with E-state index in [1.165, 1.54) is 7.11 Å². The lowest BCUT2D eigenvalue weighted by molar-refractivity contribution is -0.381. The normalized spacial score (nSPS) is 26.9. The van der Waals surface area contributed by atoms with Crippen LogP contribution in [0.1, 0.15) is 89.5 Å². The molecule has 12 rings (SSSR count). The number of hydrogen-bond acceptors (Lipinski definition) is 21. The Morgan fingerprint density at radius 1 is 0.303 bits per heavy atom. The minimum Gasteiger partial charge on any atom is -0.469 e. The van der Waals surface area contributed by atoms with Crippen molar-refractivity contribution in [2.75, 3.05) is 40.1 Å². The highest BCUT2D eigenvalue weighted by atomic mass is 16.8. The molecule has 0 spiro atoms. The van der Waals surface area contributed by atoms with E-state index in [4.69, 9.17) is 80.5 Å². The van der Waals surface area contributed by atoms with Crippen LogP contribution in [0.2, 0.25) is 0 Å². The van der Waals surface area contributed by atoms with Gasteiger partial charge in [-0.15, -0.1) is 0 Å². The van der Waals surface area contributed by atoms with Crippen molar-refractivity contribution in [3.05, 3.63) is 287 Å². The van der Waals surface area contributed by atoms with Gasteiger partial charge in [0.25, 0.3) is 0 Å². The van der Waals surface area contributed by atoms with Crippen LogP contribution in [-0.4, -0.2) is 172 Å². The topological polar surface area (TPSA) is 235 Å². The first-order valence-electron chi connectivity index (χ1n) is 38.1. The lowest BCUT2D eigenvalue weighted by Crippen LogP contribution is -2.66. The van der Waals surface area contributed by atoms with Gasteiger partial charge in [0.05, 0.1) is 86.4 Å². The number of benzene rings is 8. The molecule has 4 aliphatic heterocycles. The van der Waals surface area contributed by atoms with Crippen molar-refractivity contribution >= 4 is 5.97 Å². The summed E-state index contributed by atoms with van der Waals surface area (Å²) in [7, 11) is 1.40. The number of esters is 1. The van der Waals surface area contributed by atoms with Crippen LogP contribution in [0.15, 0.2) is 243 Å². The highest BCUT2D eigenvalue weighted by Gasteiger charge is 2.57. The van der Waals surface area contributed by atoms with Gasteiger partial charge in [-0.2, -0.15) is 0 Å². The molecule has 0 saturated carbocycles. The molecule has 4 fully saturated rings. The van der Waals surface area contributed by atoms with E-state index in [0.717, 1.165) is 76.6 Å². The third-order valence-electron chi connectivity index (χ3n) is 19.7. The second kappa shape index (κ2) is 43.9. The van der Waals surface area contributed by atoms with Crippen molar-refractivity contribution in [2.45, 2.75) is 208 Å². The van der Waals surface area contributed by atoms with Gasteiger partial charge < -0.3 is 95.8 Å². The summed E-state index contributed by atoms with van der Waals surface area (Å²) in [6.07, 6.45) is -15.2. The molecule has 582 valence electrons. The molecular weight excluding hydrogens is 1390 g/mol. The molecule has 18 atom stereocenters. The van der Waals surface area contributed by atoms with Gasteiger partial charge in [-0.1, -0.05) is 268 Å². The van der Waals surface area contributed by atoms with Gasteiger partial charge in [-0.25, -0.2) is 0 Å². The van der Waals surface area contributed by atoms with Crippen molar-refractivity contribution in [3.63, 3.8) is 0 Å². The summed E-state index contributed by atoms with van der Waals surface area (Å²) >= 11 is 0. The highest BCUT2D eigenvalue weighted by molar-refractivity contribution is 5.69. The molecule has 0 radical (unpaired) electrons. The largest absolute Gasteiger partial charge is 0.469 e. The smallest absolute Gasteiger partial charge is 0.305 e. The molecule has 0 amide bonds. The van der Waals surface area contributed by atoms with E-state index >= 15 is 0 Å². The van der Waals surface area contributed by atoms with Gasteiger partial charge in [0.2, 0.25) is 0 Å². The molecule has 3 N–H and O–H groups in total. The van der Waals surface area contributed by atoms with Crippen LogP contribution in [0.5, 0.6) is 0 Å². The summed E-state index contributed by atoms with van der Waals surface area (Å²) in [5.74, 6) is -0.214. The lowest BCUT2D eigenvalue weighted by atomic mass is 9.96. The third kappa shape index (κ3) is 24.5. The van der Waals surface area contributed by atoms with Crippen molar-refractivity contribution in [1.82, 2.24) is 0 Å². The summed E-state index contributed by atoms with van der Waals surface area (Å²) in [6.45, 7) is 0.630. The maximum absolute atomic E-state index is 13.3. The van der Waals surface area contributed by atoms with Gasteiger partial charge in [0.1, 0.15) is 85.5 Å². The first-order chi connectivity index (χ1) is 53.7. The molecule has 21 heteroatoms. The van der Waals surface area contributed by atoms with Crippen LogP contribution < -0.4 is 0 Å². The molecule has 109 heavy (non-hydrogen) atoms. The van der Waals surface area contributed by atoms with Crippen molar-refractivity contribution in [3.8, 4) is 0 Å². The number of hydrogen-bond donors (Lipinski definition) is 3. The number of rotatable bonds is 44. The van der Waals surface area contributed by atoms with Crippen LogP contribution >= 0.6 is 0 Å². The highest BCUT2D eigenvalue weighted by Crippen LogP contribution is 2.39. The van der Waals surface area contributed by atoms with E-state index in [0.29, 0.717) is 12.8 Å². The van der Waals surface area contributed by atoms with Gasteiger partial charge >= 0.3 is 5.97 Å². The predicted octanol–water partition coefficient (Wildman–Crippen LogP) is 12.3. The van der Waals surface area contributed by atoms with E-state index in [9.17, 15) is 20.1 Å². The minimum atomic E-state index is -1.54. The Morgan fingerprint density at radius 2 is 0.596 bits per heavy atom. The second-order valence-electron chi connectivity index (χ2n) is 27.8. The molecule has 4 heterocycles. The fourth-order valence-corrected chi connectivity index (χ4v) is 13.9. The van der Waals surface area contributed by atoms with E-state index < -0.39 is 117 Å². The van der Waals surface area contributed by atoms with Gasteiger partial charge in [-0.3, -0.25) is 4.79 Å². The van der Waals surface area contributed by atoms with E-state index in [1.54, 1.807) is 0 Å². The zero-order chi connectivity index (χ0) is 75.0. The predicted molar refractivity (Wildman–Crippen MR) is 402 cm³/mol. The Hall–Kier alpha value is -7.53. The summed E-state index contributed by atoms with van der Waals surface area (Å²) in [6, 6.07) is 77.8. The first kappa shape index (κ1) is 81.0. The first-order valence-corrected chi connectivity index (χ1v) is 38.1. The van der Waals surface area contributed by atoms with Crippen LogP contribution in [0.25, 0.3) is 0 Å². The fourth-order valence-electron chi connectivity index (χ4n) is 13.9. The molecule has 8 aromatic carbocycles. The van der Waals surface area contributed by atoms with Crippen LogP contribution in [-0.2, 0) is 138 Å². The second-order valence-corrected chi connectivity index (χ2v) is 27.8. The maximum Gasteiger partial charge on any atom is 0.305 e. The number of ether oxygens (including phenoxy) is 17. The molecule has 8 aromatic rings. The lowest BCUT2D eigenvalue weighted by Gasteiger charge is -2.49. The van der Waals surface area contributed by atoms with E-state index in [-0.39, 0.29) is 85.3 Å². The zero-order valence-electron chi connectivity index (χ0n) is 61.8. The summed E-state index contributed by atoms with van der Waals surface area (Å²) < 4.78 is 115. The Bertz CT molecular complexity index is 3770. The summed E-state index contributed by atoms with van der Waals surface area (Å²) in [4.78, 5) is 11.7. The van der Waals surface area contributed by atoms with E-state index in [1.807, 2.05) is 243 Å². The maximum atomic E-state index is 13.3. The molecule has 0 unspecified atom stereocenters. The van der Waals surface area contributed by atoms with Crippen LogP contribution in [0, 0.1) is 0 Å². The average molecular weight is 1500 g/mol. The van der Waals surface area contributed by atoms with Crippen molar-refractivity contribution < 1.29 is 101 Å². The quantitative estimate of drug-likeness (QED) is 0.0238. The van der Waals surface area contributed by atoms with Crippen molar-refractivity contribution in [1.29, 1.82) is 0 Å². The zero-order valence-corrected chi connectivity index (χ0v) is 61.8. The Balaban J connectivity index is 0.882. The van der Waals surface area contributed by atoms with Gasteiger partial charge in [-0.05, 0) is 57.3 Å². The van der Waals surface area contributed by atoms with Crippen molar-refractivity contribution in [2.24, 2.45) is 0 Å². The summed E-state index contributed by atoms with van der Waals surface area (Å²) in [5, 5.41) is 37.0. The standard InChI is InChI=1S/C88H104O21/c1-93-74(90)48-30-4-2-3-5-31-49-96-87-83(78(70(50-89)104-87)98-54-65-38-20-9-21-39-65)108-85-75(91)77(97-53-64-36-18-8-19-37-64)73(106-85)61-103-88-84(82(102-58-69-46-28-13-29-47-69)80(100-56-67-42-24-11-25-43-67)72(107-88)60-95-52-63-34-16-7-17-35-63)109-86-76(92)81(101-57-68-44-26-12-27-45-68)79(99-55-66-40-22-10-23-41-66)71(105-86)59-94-51-62-32-14-6-15-33-62/h6-29,32-47,70-73,75-89,91-92H,2-5,30-31,48-61H2,1H3/t70-,71-,72-,73-,75+,76+,77-,78-,79-,80-,81-,82+,83+,84+,85+,86-,87+,88+/m1/s1. The minimum absolute atomic E-state index is 0.0119. The summed E-state index contributed by atoms with van der Waals surface area (Å²) in [5.41, 5.74) is 7.05. The molecule has 0 aromatic heterocycles. The molecule has 0 bridgehead atoms. The number of aliphatic hydroxyl groups excluding tert-OH is 3. The van der Waals surface area contributed by atoms with Gasteiger partial charge in [0, 0.05) is 13.0 Å². The molecule has 4 aliphatic rings. The molecule has 21 nitrogen and oxygen atoms in total. The van der Waals surface area contributed by atoms with E-state index in [2.05, 4.69) is 0 Å². The monoisotopic (exact) mass is 1500 g/mol.